The third kappa shape index (κ3) is 7.23. The van der Waals surface area contributed by atoms with Crippen LogP contribution < -0.4 is 10.6 Å². The molecule has 0 fully saturated rings. The first kappa shape index (κ1) is 21.8. The maximum Gasteiger partial charge on any atom is 0.191 e. The van der Waals surface area contributed by atoms with E-state index in [2.05, 4.69) is 65.8 Å². The molecule has 0 saturated carbocycles. The average Bonchev–Trinajstić information content (AvgIpc) is 2.94. The molecule has 1 heterocycles. The highest BCUT2D eigenvalue weighted by Gasteiger charge is 2.04. The molecule has 5 nitrogen and oxygen atoms in total. The van der Waals surface area contributed by atoms with Crippen molar-refractivity contribution in [1.29, 1.82) is 0 Å². The molecule has 3 N–H and O–H groups in total. The molecule has 0 aliphatic heterocycles. The second kappa shape index (κ2) is 11.4. The zero-order valence-corrected chi connectivity index (χ0v) is 18.0. The van der Waals surface area contributed by atoms with Gasteiger partial charge in [-0.1, -0.05) is 26.0 Å². The van der Waals surface area contributed by atoms with Crippen molar-refractivity contribution in [1.82, 2.24) is 15.6 Å². The summed E-state index contributed by atoms with van der Waals surface area (Å²) in [7, 11) is 1.79. The fraction of sp³-hybridized carbons (Fsp3) is 0.526. The molecule has 2 aromatic rings. The van der Waals surface area contributed by atoms with Gasteiger partial charge in [-0.05, 0) is 36.5 Å². The average molecular weight is 458 g/mol. The summed E-state index contributed by atoms with van der Waals surface area (Å²) >= 11 is 0. The van der Waals surface area contributed by atoms with Gasteiger partial charge >= 0.3 is 0 Å². The lowest BCUT2D eigenvalue weighted by atomic mass is 10.1. The quantitative estimate of drug-likeness (QED) is 0.246. The van der Waals surface area contributed by atoms with E-state index in [0.717, 1.165) is 32.1 Å². The highest BCUT2D eigenvalue weighted by molar-refractivity contribution is 14.0. The van der Waals surface area contributed by atoms with Gasteiger partial charge in [0.05, 0.1) is 6.61 Å². The van der Waals surface area contributed by atoms with Crippen LogP contribution >= 0.6 is 24.0 Å². The van der Waals surface area contributed by atoms with Gasteiger partial charge in [0.2, 0.25) is 0 Å². The predicted octanol–water partition coefficient (Wildman–Crippen LogP) is 3.47. The van der Waals surface area contributed by atoms with E-state index in [0.29, 0.717) is 12.5 Å². The van der Waals surface area contributed by atoms with Crippen molar-refractivity contribution in [2.24, 2.45) is 10.9 Å². The first-order chi connectivity index (χ1) is 11.6. The van der Waals surface area contributed by atoms with Crippen molar-refractivity contribution in [3.8, 4) is 0 Å². The lowest BCUT2D eigenvalue weighted by Crippen LogP contribution is -2.39. The first-order valence-corrected chi connectivity index (χ1v) is 8.69. The SMILES string of the molecule is CN=C(NCCOCC(C)C)NCCc1c[nH]c2cc(C)ccc12.I. The standard InChI is InChI=1S/C19H30N4O.HI/c1-14(2)13-24-10-9-22-19(20-4)21-8-7-16-12-23-18-11-15(3)5-6-17(16)18;/h5-6,11-12,14,23H,7-10,13H2,1-4H3,(H2,20,21,22);1H. The molecule has 0 amide bonds. The minimum atomic E-state index is 0. The number of H-pyrrole nitrogens is 1. The van der Waals surface area contributed by atoms with Crippen LogP contribution in [0.3, 0.4) is 0 Å². The van der Waals surface area contributed by atoms with Crippen molar-refractivity contribution in [3.05, 3.63) is 35.5 Å². The number of nitrogens with zero attached hydrogens (tertiary/aromatic N) is 1. The minimum Gasteiger partial charge on any atom is -0.379 e. The van der Waals surface area contributed by atoms with Crippen molar-refractivity contribution in [3.63, 3.8) is 0 Å². The number of nitrogens with one attached hydrogen (secondary N) is 3. The van der Waals surface area contributed by atoms with E-state index < -0.39 is 0 Å². The smallest absolute Gasteiger partial charge is 0.191 e. The zero-order valence-electron chi connectivity index (χ0n) is 15.7. The Balaban J connectivity index is 0.00000312. The van der Waals surface area contributed by atoms with E-state index in [9.17, 15) is 0 Å². The van der Waals surface area contributed by atoms with Crippen LogP contribution in [0.25, 0.3) is 10.9 Å². The van der Waals surface area contributed by atoms with Crippen LogP contribution in [0, 0.1) is 12.8 Å². The van der Waals surface area contributed by atoms with Gasteiger partial charge in [0.1, 0.15) is 0 Å². The van der Waals surface area contributed by atoms with Crippen LogP contribution in [0.1, 0.15) is 25.0 Å². The number of aryl methyl sites for hydroxylation is 1. The molecule has 1 aromatic carbocycles. The van der Waals surface area contributed by atoms with Crippen molar-refractivity contribution < 1.29 is 4.74 Å². The molecule has 0 aliphatic rings. The van der Waals surface area contributed by atoms with Gasteiger partial charge in [-0.3, -0.25) is 4.99 Å². The molecule has 0 radical (unpaired) electrons. The predicted molar refractivity (Wildman–Crippen MR) is 117 cm³/mol. The number of aromatic amines is 1. The van der Waals surface area contributed by atoms with Gasteiger partial charge in [0, 0.05) is 43.8 Å². The van der Waals surface area contributed by atoms with Crippen LogP contribution in [0.5, 0.6) is 0 Å². The Kier molecular flexibility index (Phi) is 9.89. The maximum atomic E-state index is 5.56. The highest BCUT2D eigenvalue weighted by atomic mass is 127. The number of fused-ring (bicyclic) bond motifs is 1. The lowest BCUT2D eigenvalue weighted by Gasteiger charge is -2.12. The second-order valence-corrected chi connectivity index (χ2v) is 6.51. The number of hydrogen-bond acceptors (Lipinski definition) is 2. The van der Waals surface area contributed by atoms with Gasteiger partial charge < -0.3 is 20.4 Å². The fourth-order valence-electron chi connectivity index (χ4n) is 2.60. The number of benzene rings is 1. The summed E-state index contributed by atoms with van der Waals surface area (Å²) in [6, 6.07) is 6.53. The van der Waals surface area contributed by atoms with Crippen molar-refractivity contribution in [2.75, 3.05) is 33.4 Å². The van der Waals surface area contributed by atoms with Crippen LogP contribution in [-0.4, -0.2) is 44.3 Å². The van der Waals surface area contributed by atoms with Gasteiger partial charge in [0.25, 0.3) is 0 Å². The Morgan fingerprint density at radius 1 is 1.24 bits per heavy atom. The van der Waals surface area contributed by atoms with E-state index in [4.69, 9.17) is 4.74 Å². The molecule has 6 heteroatoms. The molecule has 0 aliphatic carbocycles. The van der Waals surface area contributed by atoms with Gasteiger partial charge in [0.15, 0.2) is 5.96 Å². The molecule has 0 saturated heterocycles. The Morgan fingerprint density at radius 3 is 2.72 bits per heavy atom. The van der Waals surface area contributed by atoms with E-state index in [-0.39, 0.29) is 24.0 Å². The Morgan fingerprint density at radius 2 is 2.00 bits per heavy atom. The minimum absolute atomic E-state index is 0. The third-order valence-electron chi connectivity index (χ3n) is 3.82. The van der Waals surface area contributed by atoms with E-state index in [1.165, 1.54) is 22.0 Å². The van der Waals surface area contributed by atoms with Crippen LogP contribution in [-0.2, 0) is 11.2 Å². The molecular formula is C19H31IN4O. The number of ether oxygens (including phenoxy) is 1. The largest absolute Gasteiger partial charge is 0.379 e. The number of halogens is 1. The van der Waals surface area contributed by atoms with Gasteiger partial charge in [-0.2, -0.15) is 0 Å². The number of aliphatic imine (C=N–C) groups is 1. The Labute approximate surface area is 168 Å². The van der Waals surface area contributed by atoms with Crippen LogP contribution in [0.2, 0.25) is 0 Å². The summed E-state index contributed by atoms with van der Waals surface area (Å²) in [5.74, 6) is 1.39. The molecule has 0 unspecified atom stereocenters. The summed E-state index contributed by atoms with van der Waals surface area (Å²) in [4.78, 5) is 7.59. The van der Waals surface area contributed by atoms with E-state index in [1.807, 2.05) is 0 Å². The van der Waals surface area contributed by atoms with Crippen molar-refractivity contribution in [2.45, 2.75) is 27.2 Å². The Hall–Kier alpha value is -1.28. The molecule has 0 atom stereocenters. The molecule has 140 valence electrons. The number of rotatable bonds is 8. The number of guanidine groups is 1. The van der Waals surface area contributed by atoms with Crippen molar-refractivity contribution >= 4 is 40.8 Å². The molecule has 2 rings (SSSR count). The van der Waals surface area contributed by atoms with Crippen LogP contribution in [0.15, 0.2) is 29.4 Å². The van der Waals surface area contributed by atoms with Gasteiger partial charge in [-0.15, -0.1) is 24.0 Å². The number of aromatic nitrogens is 1. The first-order valence-electron chi connectivity index (χ1n) is 8.69. The number of hydrogen-bond donors (Lipinski definition) is 3. The molecule has 0 bridgehead atoms. The summed E-state index contributed by atoms with van der Waals surface area (Å²) in [5, 5.41) is 7.93. The lowest BCUT2D eigenvalue weighted by molar-refractivity contribution is 0.114. The third-order valence-corrected chi connectivity index (χ3v) is 3.82. The molecule has 25 heavy (non-hydrogen) atoms. The highest BCUT2D eigenvalue weighted by Crippen LogP contribution is 2.19. The maximum absolute atomic E-state index is 5.56. The summed E-state index contributed by atoms with van der Waals surface area (Å²) in [6.07, 6.45) is 3.05. The topological polar surface area (TPSA) is 61.4 Å². The zero-order chi connectivity index (χ0) is 17.4. The van der Waals surface area contributed by atoms with Gasteiger partial charge in [-0.25, -0.2) is 0 Å². The Bertz CT molecular complexity index is 666. The molecule has 1 aromatic heterocycles. The second-order valence-electron chi connectivity index (χ2n) is 6.51. The van der Waals surface area contributed by atoms with Crippen LogP contribution in [0.4, 0.5) is 0 Å². The summed E-state index contributed by atoms with van der Waals surface area (Å²) in [5.41, 5.74) is 3.81. The fourth-order valence-corrected chi connectivity index (χ4v) is 2.60. The monoisotopic (exact) mass is 458 g/mol. The molecular weight excluding hydrogens is 427 g/mol. The summed E-state index contributed by atoms with van der Waals surface area (Å²) < 4.78 is 5.56. The van der Waals surface area contributed by atoms with E-state index >= 15 is 0 Å². The summed E-state index contributed by atoms with van der Waals surface area (Å²) in [6.45, 7) is 9.52. The normalized spacial score (nSPS) is 11.6. The van der Waals surface area contributed by atoms with E-state index in [1.54, 1.807) is 7.05 Å². The molecule has 0 spiro atoms.